The average molecular weight is 432 g/mol. The number of carbonyl (C=O) groups is 1. The van der Waals surface area contributed by atoms with Crippen LogP contribution in [0.5, 0.6) is 0 Å². The molecule has 0 bridgehead atoms. The molecule has 3 heterocycles. The molecule has 1 unspecified atom stereocenters. The lowest BCUT2D eigenvalue weighted by molar-refractivity contribution is -0.384. The Morgan fingerprint density at radius 1 is 1.37 bits per heavy atom. The Morgan fingerprint density at radius 2 is 2.17 bits per heavy atom. The molecule has 1 aliphatic rings. The molecule has 0 aliphatic carbocycles. The molecule has 1 amide bonds. The van der Waals surface area contributed by atoms with Crippen LogP contribution in [0.3, 0.4) is 0 Å². The quantitative estimate of drug-likeness (QED) is 0.451. The lowest BCUT2D eigenvalue weighted by Gasteiger charge is -2.10. The van der Waals surface area contributed by atoms with Crippen LogP contribution in [0.1, 0.15) is 12.5 Å². The van der Waals surface area contributed by atoms with Crippen LogP contribution in [0.25, 0.3) is 11.0 Å². The number of rotatable bonds is 5. The molecule has 1 N–H and O–H groups in total. The number of anilines is 1. The number of benzene rings is 1. The summed E-state index contributed by atoms with van der Waals surface area (Å²) in [7, 11) is -3.13. The van der Waals surface area contributed by atoms with Crippen LogP contribution >= 0.6 is 0 Å². The second-order valence-electron chi connectivity index (χ2n) is 6.92. The molecule has 1 aromatic carbocycles. The Balaban J connectivity index is 1.55. The summed E-state index contributed by atoms with van der Waals surface area (Å²) in [6.07, 6.45) is 2.90. The SMILES string of the molecule is O=C(Cn1cnc2c(cnn2C2CCS(=O)(=O)C2)c1=O)Nc1cccc([N+](=O)[O-])c1. The Morgan fingerprint density at radius 3 is 2.87 bits per heavy atom. The summed E-state index contributed by atoms with van der Waals surface area (Å²) in [6.45, 7) is -0.354. The van der Waals surface area contributed by atoms with Crippen LogP contribution < -0.4 is 10.9 Å². The van der Waals surface area contributed by atoms with Gasteiger partial charge in [-0.15, -0.1) is 0 Å². The van der Waals surface area contributed by atoms with Gasteiger partial charge in [-0.2, -0.15) is 5.10 Å². The molecule has 2 aromatic heterocycles. The van der Waals surface area contributed by atoms with E-state index >= 15 is 0 Å². The largest absolute Gasteiger partial charge is 0.324 e. The van der Waals surface area contributed by atoms with Gasteiger partial charge in [-0.3, -0.25) is 24.3 Å². The van der Waals surface area contributed by atoms with Crippen molar-refractivity contribution in [1.82, 2.24) is 19.3 Å². The van der Waals surface area contributed by atoms with Crippen LogP contribution in [0, 0.1) is 10.1 Å². The van der Waals surface area contributed by atoms with E-state index in [1.165, 1.54) is 41.5 Å². The third-order valence-corrected chi connectivity index (χ3v) is 6.54. The van der Waals surface area contributed by atoms with Crippen LogP contribution in [-0.2, 0) is 21.2 Å². The van der Waals surface area contributed by atoms with E-state index in [0.717, 1.165) is 4.57 Å². The standard InChI is InChI=1S/C17H16N6O6S/c24-15(20-11-2-1-3-12(6-11)23(26)27)8-21-10-18-16-14(17(21)25)7-19-22(16)13-4-5-30(28,29)9-13/h1-3,6-7,10,13H,4-5,8-9H2,(H,20,24). The number of nitro groups is 1. The number of nitro benzene ring substituents is 1. The van der Waals surface area contributed by atoms with Gasteiger partial charge in [0.1, 0.15) is 18.3 Å². The van der Waals surface area contributed by atoms with E-state index in [0.29, 0.717) is 6.42 Å². The third-order valence-electron chi connectivity index (χ3n) is 4.79. The molecular formula is C17H16N6O6S. The van der Waals surface area contributed by atoms with Gasteiger partial charge in [-0.1, -0.05) is 6.07 Å². The minimum absolute atomic E-state index is 0.0554. The first-order valence-electron chi connectivity index (χ1n) is 8.91. The zero-order valence-corrected chi connectivity index (χ0v) is 16.3. The highest BCUT2D eigenvalue weighted by atomic mass is 32.2. The summed E-state index contributed by atoms with van der Waals surface area (Å²) < 4.78 is 26.0. The number of fused-ring (bicyclic) bond motifs is 1. The van der Waals surface area contributed by atoms with E-state index < -0.39 is 26.2 Å². The monoisotopic (exact) mass is 432 g/mol. The number of hydrogen-bond acceptors (Lipinski definition) is 8. The van der Waals surface area contributed by atoms with E-state index in [1.54, 1.807) is 0 Å². The van der Waals surface area contributed by atoms with Gasteiger partial charge in [-0.25, -0.2) is 18.1 Å². The molecule has 0 radical (unpaired) electrons. The summed E-state index contributed by atoms with van der Waals surface area (Å²) in [6, 6.07) is 5.06. The fraction of sp³-hybridized carbons (Fsp3) is 0.294. The lowest BCUT2D eigenvalue weighted by atomic mass is 10.2. The number of aromatic nitrogens is 4. The van der Waals surface area contributed by atoms with Crippen molar-refractivity contribution in [2.24, 2.45) is 0 Å². The van der Waals surface area contributed by atoms with E-state index in [2.05, 4.69) is 15.4 Å². The molecule has 12 nitrogen and oxygen atoms in total. The first-order chi connectivity index (χ1) is 14.2. The predicted octanol–water partition coefficient (Wildman–Crippen LogP) is 0.499. The second-order valence-corrected chi connectivity index (χ2v) is 9.15. The van der Waals surface area contributed by atoms with E-state index in [1.807, 2.05) is 0 Å². The summed E-state index contributed by atoms with van der Waals surface area (Å²) >= 11 is 0. The maximum absolute atomic E-state index is 12.7. The molecule has 156 valence electrons. The van der Waals surface area contributed by atoms with Gasteiger partial charge >= 0.3 is 0 Å². The van der Waals surface area contributed by atoms with Crippen molar-refractivity contribution in [2.75, 3.05) is 16.8 Å². The number of amides is 1. The maximum atomic E-state index is 12.7. The molecule has 13 heteroatoms. The number of sulfone groups is 1. The molecule has 30 heavy (non-hydrogen) atoms. The Bertz CT molecular complexity index is 1330. The van der Waals surface area contributed by atoms with Crippen LogP contribution in [-0.4, -0.2) is 50.1 Å². The molecule has 0 saturated carbocycles. The van der Waals surface area contributed by atoms with Crippen molar-refractivity contribution in [3.8, 4) is 0 Å². The van der Waals surface area contributed by atoms with Crippen molar-refractivity contribution < 1.29 is 18.1 Å². The lowest BCUT2D eigenvalue weighted by Crippen LogP contribution is -2.28. The van der Waals surface area contributed by atoms with E-state index in [4.69, 9.17) is 0 Å². The molecule has 1 fully saturated rings. The minimum atomic E-state index is -3.13. The third kappa shape index (κ3) is 3.78. The van der Waals surface area contributed by atoms with E-state index in [9.17, 15) is 28.1 Å². The molecule has 4 rings (SSSR count). The van der Waals surface area contributed by atoms with Crippen molar-refractivity contribution >= 4 is 38.2 Å². The van der Waals surface area contributed by atoms with Gasteiger partial charge in [0, 0.05) is 17.8 Å². The highest BCUT2D eigenvalue weighted by Crippen LogP contribution is 2.25. The Kier molecular flexibility index (Phi) is 4.81. The first-order valence-corrected chi connectivity index (χ1v) is 10.7. The molecule has 3 aromatic rings. The fourth-order valence-electron chi connectivity index (χ4n) is 3.37. The van der Waals surface area contributed by atoms with Crippen molar-refractivity contribution in [1.29, 1.82) is 0 Å². The zero-order valence-electron chi connectivity index (χ0n) is 15.5. The summed E-state index contributed by atoms with van der Waals surface area (Å²) in [5.74, 6) is -0.554. The Labute approximate surface area is 169 Å². The highest BCUT2D eigenvalue weighted by Gasteiger charge is 2.31. The second kappa shape index (κ2) is 7.33. The molecule has 1 atom stereocenters. The fourth-order valence-corrected chi connectivity index (χ4v) is 5.06. The molecule has 0 spiro atoms. The smallest absolute Gasteiger partial charge is 0.271 e. The number of carbonyl (C=O) groups excluding carboxylic acids is 1. The van der Waals surface area contributed by atoms with Crippen molar-refractivity contribution in [3.63, 3.8) is 0 Å². The normalized spacial score (nSPS) is 17.8. The number of nitrogens with zero attached hydrogens (tertiary/aromatic N) is 5. The van der Waals surface area contributed by atoms with Crippen LogP contribution in [0.2, 0.25) is 0 Å². The zero-order chi connectivity index (χ0) is 21.5. The van der Waals surface area contributed by atoms with Gasteiger partial charge in [0.05, 0.1) is 28.7 Å². The highest BCUT2D eigenvalue weighted by molar-refractivity contribution is 7.91. The minimum Gasteiger partial charge on any atom is -0.324 e. The van der Waals surface area contributed by atoms with E-state index in [-0.39, 0.29) is 46.5 Å². The van der Waals surface area contributed by atoms with Crippen molar-refractivity contribution in [2.45, 2.75) is 19.0 Å². The topological polar surface area (TPSA) is 159 Å². The van der Waals surface area contributed by atoms with Crippen LogP contribution in [0.15, 0.2) is 41.6 Å². The number of hydrogen-bond donors (Lipinski definition) is 1. The average Bonchev–Trinajstić information content (AvgIpc) is 3.27. The van der Waals surface area contributed by atoms with Crippen molar-refractivity contribution in [3.05, 3.63) is 57.3 Å². The molecule has 1 aliphatic heterocycles. The van der Waals surface area contributed by atoms with Gasteiger partial charge in [0.15, 0.2) is 15.5 Å². The molecular weight excluding hydrogens is 416 g/mol. The maximum Gasteiger partial charge on any atom is 0.271 e. The number of nitrogens with one attached hydrogen (secondary N) is 1. The number of non-ortho nitro benzene ring substituents is 1. The van der Waals surface area contributed by atoms with Crippen LogP contribution in [0.4, 0.5) is 11.4 Å². The summed E-state index contributed by atoms with van der Waals surface area (Å²) in [5, 5.41) is 17.6. The van der Waals surface area contributed by atoms with Gasteiger partial charge in [-0.05, 0) is 12.5 Å². The Hall–Kier alpha value is -3.61. The summed E-state index contributed by atoms with van der Waals surface area (Å²) in [4.78, 5) is 39.4. The summed E-state index contributed by atoms with van der Waals surface area (Å²) in [5.41, 5.74) is -0.181. The first kappa shape index (κ1) is 19.7. The molecule has 1 saturated heterocycles. The van der Waals surface area contributed by atoms with Gasteiger partial charge in [0.2, 0.25) is 5.91 Å². The van der Waals surface area contributed by atoms with Gasteiger partial charge in [0.25, 0.3) is 11.2 Å². The predicted molar refractivity (Wildman–Crippen MR) is 106 cm³/mol. The van der Waals surface area contributed by atoms with Gasteiger partial charge < -0.3 is 5.32 Å².